The number of rotatable bonds is 6. The maximum absolute atomic E-state index is 10.3. The third-order valence-corrected chi connectivity index (χ3v) is 3.91. The molecule has 8 heteroatoms. The molecule has 0 spiro atoms. The molecule has 0 aromatic carbocycles. The van der Waals surface area contributed by atoms with Crippen molar-refractivity contribution in [3.63, 3.8) is 0 Å². The van der Waals surface area contributed by atoms with Gasteiger partial charge in [-0.05, 0) is 12.2 Å². The third-order valence-electron chi connectivity index (χ3n) is 2.67. The third kappa shape index (κ3) is 4.08. The van der Waals surface area contributed by atoms with Gasteiger partial charge in [0, 0.05) is 6.42 Å². The van der Waals surface area contributed by atoms with Crippen LogP contribution in [0.3, 0.4) is 0 Å². The minimum atomic E-state index is -1.38. The fourth-order valence-electron chi connectivity index (χ4n) is 1.63. The van der Waals surface area contributed by atoms with Gasteiger partial charge < -0.3 is 30.3 Å². The van der Waals surface area contributed by atoms with Crippen LogP contribution in [0.15, 0.2) is 0 Å². The quantitative estimate of drug-likeness (QED) is 0.368. The maximum atomic E-state index is 10.3. The minimum Gasteiger partial charge on any atom is -0.481 e. The van der Waals surface area contributed by atoms with Crippen LogP contribution >= 0.6 is 11.8 Å². The molecular weight excluding hydrogens is 264 g/mol. The number of thioether (sulfide) groups is 1. The molecule has 1 fully saturated rings. The molecular formula is C10H18O7S. The van der Waals surface area contributed by atoms with Gasteiger partial charge in [-0.1, -0.05) is 0 Å². The van der Waals surface area contributed by atoms with E-state index in [1.807, 2.05) is 0 Å². The molecule has 0 aromatic rings. The van der Waals surface area contributed by atoms with Crippen LogP contribution in [0.2, 0.25) is 0 Å². The fraction of sp³-hybridized carbons (Fsp3) is 0.900. The molecule has 7 nitrogen and oxygen atoms in total. The number of ether oxygens (including phenoxy) is 1. The summed E-state index contributed by atoms with van der Waals surface area (Å²) in [5.41, 5.74) is -0.783. The van der Waals surface area contributed by atoms with Gasteiger partial charge in [0.25, 0.3) is 0 Å². The fourth-order valence-corrected chi connectivity index (χ4v) is 2.75. The summed E-state index contributed by atoms with van der Waals surface area (Å²) in [6, 6.07) is 0. The van der Waals surface area contributed by atoms with Crippen molar-refractivity contribution in [1.29, 1.82) is 0 Å². The molecule has 0 radical (unpaired) electrons. The lowest BCUT2D eigenvalue weighted by atomic mass is 10.0. The van der Waals surface area contributed by atoms with E-state index < -0.39 is 42.4 Å². The zero-order valence-corrected chi connectivity index (χ0v) is 10.5. The highest BCUT2D eigenvalue weighted by atomic mass is 32.2. The van der Waals surface area contributed by atoms with Gasteiger partial charge in [-0.25, -0.2) is 0 Å². The van der Waals surface area contributed by atoms with Gasteiger partial charge >= 0.3 is 5.97 Å². The summed E-state index contributed by atoms with van der Waals surface area (Å²) in [5.74, 6) is -0.459. The van der Waals surface area contributed by atoms with Gasteiger partial charge in [-0.3, -0.25) is 4.79 Å². The second-order valence-corrected chi connectivity index (χ2v) is 5.27. The van der Waals surface area contributed by atoms with Gasteiger partial charge in [0.05, 0.1) is 6.61 Å². The Labute approximate surface area is 108 Å². The summed E-state index contributed by atoms with van der Waals surface area (Å²) < 4.78 is 5.24. The first-order valence-corrected chi connectivity index (χ1v) is 6.66. The molecule has 0 bridgehead atoms. The average Bonchev–Trinajstić information content (AvgIpc) is 2.34. The lowest BCUT2D eigenvalue weighted by Crippen LogP contribution is -2.57. The van der Waals surface area contributed by atoms with Crippen LogP contribution in [0.25, 0.3) is 0 Å². The summed E-state index contributed by atoms with van der Waals surface area (Å²) in [6.45, 7) is -0.461. The Kier molecular flexibility index (Phi) is 6.33. The molecule has 106 valence electrons. The van der Waals surface area contributed by atoms with Gasteiger partial charge in [-0.2, -0.15) is 0 Å². The van der Waals surface area contributed by atoms with Gasteiger partial charge in [-0.15, -0.1) is 11.8 Å². The van der Waals surface area contributed by atoms with Gasteiger partial charge in [0.2, 0.25) is 0 Å². The normalized spacial score (nSPS) is 36.6. The standard InChI is InChI=1S/C10H18O7S/c11-4-5-7(14)8(15)9(16)10(17-5)18-3-1-2-6(12)13/h5,7-11,14-16H,1-4H2,(H,12,13)/t5-,7-,8+,9+,10-/m1/s1. The molecule has 1 rings (SSSR count). The monoisotopic (exact) mass is 282 g/mol. The first-order valence-electron chi connectivity index (χ1n) is 5.61. The topological polar surface area (TPSA) is 127 Å². The highest BCUT2D eigenvalue weighted by Crippen LogP contribution is 2.28. The Balaban J connectivity index is 2.41. The molecule has 1 heterocycles. The van der Waals surface area contributed by atoms with Crippen LogP contribution in [-0.4, -0.2) is 73.7 Å². The Bertz CT molecular complexity index is 273. The van der Waals surface area contributed by atoms with Crippen molar-refractivity contribution in [1.82, 2.24) is 0 Å². The molecule has 1 aliphatic rings. The Morgan fingerprint density at radius 2 is 1.83 bits per heavy atom. The van der Waals surface area contributed by atoms with Crippen molar-refractivity contribution < 1.29 is 35.1 Å². The van der Waals surface area contributed by atoms with Crippen LogP contribution in [0.4, 0.5) is 0 Å². The predicted molar refractivity (Wildman–Crippen MR) is 63.1 cm³/mol. The largest absolute Gasteiger partial charge is 0.481 e. The average molecular weight is 282 g/mol. The van der Waals surface area contributed by atoms with Crippen molar-refractivity contribution in [2.75, 3.05) is 12.4 Å². The Morgan fingerprint density at radius 1 is 1.17 bits per heavy atom. The van der Waals surface area contributed by atoms with Crippen molar-refractivity contribution in [3.05, 3.63) is 0 Å². The van der Waals surface area contributed by atoms with Crippen molar-refractivity contribution >= 4 is 17.7 Å². The van der Waals surface area contributed by atoms with Crippen LogP contribution < -0.4 is 0 Å². The van der Waals surface area contributed by atoms with E-state index in [4.69, 9.17) is 14.9 Å². The first-order chi connectivity index (χ1) is 8.47. The highest BCUT2D eigenvalue weighted by Gasteiger charge is 2.43. The van der Waals surface area contributed by atoms with E-state index in [2.05, 4.69) is 0 Å². The van der Waals surface area contributed by atoms with Crippen molar-refractivity contribution in [2.24, 2.45) is 0 Å². The van der Waals surface area contributed by atoms with Crippen molar-refractivity contribution in [3.8, 4) is 0 Å². The van der Waals surface area contributed by atoms with Crippen molar-refractivity contribution in [2.45, 2.75) is 42.7 Å². The minimum absolute atomic E-state index is 0.0183. The molecule has 1 saturated heterocycles. The van der Waals surface area contributed by atoms with Crippen LogP contribution in [-0.2, 0) is 9.53 Å². The highest BCUT2D eigenvalue weighted by molar-refractivity contribution is 7.99. The molecule has 1 aliphatic heterocycles. The SMILES string of the molecule is O=C(O)CCCS[C@H]1O[C@H](CO)[C@@H](O)[C@H](O)[C@@H]1O. The number of carbonyl (C=O) groups is 1. The zero-order chi connectivity index (χ0) is 13.7. The smallest absolute Gasteiger partial charge is 0.303 e. The van der Waals surface area contributed by atoms with Crippen LogP contribution in [0.5, 0.6) is 0 Å². The van der Waals surface area contributed by atoms with E-state index in [0.29, 0.717) is 12.2 Å². The van der Waals surface area contributed by atoms with Crippen LogP contribution in [0.1, 0.15) is 12.8 Å². The Morgan fingerprint density at radius 3 is 2.39 bits per heavy atom. The van der Waals surface area contributed by atoms with Gasteiger partial charge in [0.15, 0.2) is 0 Å². The van der Waals surface area contributed by atoms with E-state index in [-0.39, 0.29) is 6.42 Å². The molecule has 18 heavy (non-hydrogen) atoms. The lowest BCUT2D eigenvalue weighted by Gasteiger charge is -2.39. The summed E-state index contributed by atoms with van der Waals surface area (Å²) in [5, 5.41) is 46.2. The number of hydrogen-bond donors (Lipinski definition) is 5. The number of aliphatic carboxylic acids is 1. The number of hydrogen-bond acceptors (Lipinski definition) is 7. The van der Waals surface area contributed by atoms with E-state index in [1.54, 1.807) is 0 Å². The first kappa shape index (κ1) is 15.7. The van der Waals surface area contributed by atoms with Crippen LogP contribution in [0, 0.1) is 0 Å². The number of aliphatic hydroxyl groups is 4. The predicted octanol–water partition coefficient (Wildman–Crippen LogP) is -1.62. The summed E-state index contributed by atoms with van der Waals surface area (Å²) in [6.07, 6.45) is -4.49. The maximum Gasteiger partial charge on any atom is 0.303 e. The molecule has 0 unspecified atom stereocenters. The molecule has 0 saturated carbocycles. The van der Waals surface area contributed by atoms with E-state index in [9.17, 15) is 20.1 Å². The van der Waals surface area contributed by atoms with E-state index >= 15 is 0 Å². The van der Waals surface area contributed by atoms with E-state index in [1.165, 1.54) is 0 Å². The summed E-state index contributed by atoms with van der Waals surface area (Å²) >= 11 is 1.15. The van der Waals surface area contributed by atoms with E-state index in [0.717, 1.165) is 11.8 Å². The zero-order valence-electron chi connectivity index (χ0n) is 9.68. The molecule has 5 N–H and O–H groups in total. The van der Waals surface area contributed by atoms with Gasteiger partial charge in [0.1, 0.15) is 29.9 Å². The number of carboxylic acid groups (broad SMARTS) is 1. The second-order valence-electron chi connectivity index (χ2n) is 4.07. The molecule has 0 aliphatic carbocycles. The lowest BCUT2D eigenvalue weighted by molar-refractivity contribution is -0.205. The molecule has 0 amide bonds. The number of carboxylic acids is 1. The Hall–Kier alpha value is -0.380. The number of aliphatic hydroxyl groups excluding tert-OH is 4. The molecule has 0 aromatic heterocycles. The summed E-state index contributed by atoms with van der Waals surface area (Å²) in [4.78, 5) is 10.3. The summed E-state index contributed by atoms with van der Waals surface area (Å²) in [7, 11) is 0. The molecule has 5 atom stereocenters. The second kappa shape index (κ2) is 7.27.